The van der Waals surface area contributed by atoms with Gasteiger partial charge in [0.1, 0.15) is 0 Å². The third-order valence-electron chi connectivity index (χ3n) is 4.92. The molecule has 2 aromatic carbocycles. The molecule has 3 nitrogen and oxygen atoms in total. The van der Waals surface area contributed by atoms with Crippen molar-refractivity contribution in [2.24, 2.45) is 0 Å². The van der Waals surface area contributed by atoms with Crippen molar-refractivity contribution in [3.63, 3.8) is 0 Å². The number of fused-ring (bicyclic) bond motifs is 1. The first-order chi connectivity index (χ1) is 14.3. The van der Waals surface area contributed by atoms with Crippen LogP contribution in [-0.4, -0.2) is 42.1 Å². The van der Waals surface area contributed by atoms with Gasteiger partial charge in [0.05, 0.1) is 28.6 Å². The fourth-order valence-corrected chi connectivity index (χ4v) is 3.99. The van der Waals surface area contributed by atoms with E-state index in [1.54, 1.807) is 7.11 Å². The largest absolute Gasteiger partial charge is 0.416 e. The second-order valence-corrected chi connectivity index (χ2v) is 7.69. The summed E-state index contributed by atoms with van der Waals surface area (Å²) in [7, 11) is 1.69. The molecule has 0 aliphatic rings. The number of alkyl halides is 3. The monoisotopic (exact) mass is 432 g/mol. The molecule has 0 fully saturated rings. The van der Waals surface area contributed by atoms with Crippen molar-refractivity contribution < 1.29 is 17.9 Å². The summed E-state index contributed by atoms with van der Waals surface area (Å²) in [5.74, 6) is 6.50. The van der Waals surface area contributed by atoms with E-state index in [9.17, 15) is 13.2 Å². The minimum absolute atomic E-state index is 0.102. The summed E-state index contributed by atoms with van der Waals surface area (Å²) < 4.78 is 48.9. The van der Waals surface area contributed by atoms with Gasteiger partial charge in [-0.25, -0.2) is 0 Å². The van der Waals surface area contributed by atoms with Crippen LogP contribution in [0.1, 0.15) is 25.0 Å². The Kier molecular flexibility index (Phi) is 7.14. The predicted octanol–water partition coefficient (Wildman–Crippen LogP) is 5.69. The van der Waals surface area contributed by atoms with Crippen LogP contribution < -0.4 is 0 Å². The molecule has 1 atom stereocenters. The molecule has 0 saturated heterocycles. The van der Waals surface area contributed by atoms with Crippen LogP contribution in [-0.2, 0) is 10.9 Å². The molecule has 0 radical (unpaired) electrons. The summed E-state index contributed by atoms with van der Waals surface area (Å²) in [5.41, 5.74) is 1.58. The third-order valence-corrected chi connectivity index (χ3v) is 5.73. The molecular formula is C23H23F3N2OS. The number of aromatic nitrogens is 1. The molecule has 3 aromatic rings. The van der Waals surface area contributed by atoms with Gasteiger partial charge in [0.2, 0.25) is 0 Å². The van der Waals surface area contributed by atoms with Gasteiger partial charge in [0.15, 0.2) is 0 Å². The number of halogens is 3. The molecule has 0 aliphatic heterocycles. The zero-order valence-corrected chi connectivity index (χ0v) is 17.9. The van der Waals surface area contributed by atoms with Crippen LogP contribution in [0.4, 0.5) is 13.2 Å². The molecule has 7 heteroatoms. The highest BCUT2D eigenvalue weighted by Gasteiger charge is 2.30. The fraction of sp³-hybridized carbons (Fsp3) is 0.348. The maximum atomic E-state index is 12.8. The molecule has 1 aromatic heterocycles. The zero-order chi connectivity index (χ0) is 21.7. The Morgan fingerprint density at radius 3 is 2.53 bits per heavy atom. The number of rotatable bonds is 6. The average Bonchev–Trinajstić information content (AvgIpc) is 3.15. The molecular weight excluding hydrogens is 409 g/mol. The molecule has 0 amide bonds. The first-order valence-electron chi connectivity index (χ1n) is 9.65. The number of hydrogen-bond donors (Lipinski definition) is 0. The third kappa shape index (κ3) is 5.20. The topological polar surface area (TPSA) is 25.4 Å². The molecule has 0 N–H and O–H groups in total. The van der Waals surface area contributed by atoms with Crippen LogP contribution >= 0.6 is 11.5 Å². The lowest BCUT2D eigenvalue weighted by atomic mass is 10.0. The number of nitrogens with zero attached hydrogens (tertiary/aromatic N) is 2. The van der Waals surface area contributed by atoms with E-state index >= 15 is 0 Å². The first kappa shape index (κ1) is 22.3. The van der Waals surface area contributed by atoms with Crippen LogP contribution in [0.5, 0.6) is 0 Å². The van der Waals surface area contributed by atoms with Gasteiger partial charge in [0, 0.05) is 30.2 Å². The summed E-state index contributed by atoms with van der Waals surface area (Å²) in [6, 6.07) is 11.0. The van der Waals surface area contributed by atoms with Gasteiger partial charge >= 0.3 is 6.18 Å². The average molecular weight is 433 g/mol. The first-order valence-corrected chi connectivity index (χ1v) is 10.4. The zero-order valence-electron chi connectivity index (χ0n) is 17.1. The van der Waals surface area contributed by atoms with E-state index in [1.165, 1.54) is 23.7 Å². The normalized spacial score (nSPS) is 12.8. The van der Waals surface area contributed by atoms with Crippen molar-refractivity contribution in [1.29, 1.82) is 0 Å². The number of benzene rings is 2. The van der Waals surface area contributed by atoms with Crippen molar-refractivity contribution in [2.75, 3.05) is 26.8 Å². The van der Waals surface area contributed by atoms with Gasteiger partial charge in [0.25, 0.3) is 0 Å². The summed E-state index contributed by atoms with van der Waals surface area (Å²) in [4.78, 5) is 2.24. The summed E-state index contributed by atoms with van der Waals surface area (Å²) in [5, 5.41) is 0.911. The predicted molar refractivity (Wildman–Crippen MR) is 116 cm³/mol. The van der Waals surface area contributed by atoms with Crippen molar-refractivity contribution in [3.05, 3.63) is 53.6 Å². The van der Waals surface area contributed by atoms with Crippen LogP contribution in [0.2, 0.25) is 0 Å². The van der Waals surface area contributed by atoms with E-state index in [1.807, 2.05) is 18.2 Å². The molecule has 1 heterocycles. The smallest absolute Gasteiger partial charge is 0.383 e. The molecule has 0 bridgehead atoms. The SMILES string of the molecule is CCN(CCOC)C(C)C#Cc1ccc2c(-c3ccc(C(F)(F)F)cc3)nsc2c1. The summed E-state index contributed by atoms with van der Waals surface area (Å²) in [6.07, 6.45) is -4.34. The van der Waals surface area contributed by atoms with Crippen molar-refractivity contribution in [1.82, 2.24) is 9.27 Å². The van der Waals surface area contributed by atoms with E-state index in [0.29, 0.717) is 17.9 Å². The second-order valence-electron chi connectivity index (χ2n) is 6.88. The lowest BCUT2D eigenvalue weighted by Gasteiger charge is -2.23. The minimum atomic E-state index is -4.34. The van der Waals surface area contributed by atoms with Crippen molar-refractivity contribution >= 4 is 21.6 Å². The molecule has 0 aliphatic carbocycles. The van der Waals surface area contributed by atoms with Gasteiger partial charge < -0.3 is 4.74 Å². The number of methoxy groups -OCH3 is 1. The Balaban J connectivity index is 1.81. The van der Waals surface area contributed by atoms with E-state index in [0.717, 1.165) is 40.9 Å². The van der Waals surface area contributed by atoms with Gasteiger partial charge in [-0.1, -0.05) is 37.0 Å². The maximum Gasteiger partial charge on any atom is 0.416 e. The van der Waals surface area contributed by atoms with E-state index in [2.05, 4.69) is 35.0 Å². The Bertz CT molecular complexity index is 1050. The number of likely N-dealkylation sites (N-methyl/N-ethyl adjacent to an activating group) is 1. The van der Waals surface area contributed by atoms with Crippen LogP contribution in [0, 0.1) is 11.8 Å². The van der Waals surface area contributed by atoms with Crippen molar-refractivity contribution in [2.45, 2.75) is 26.1 Å². The van der Waals surface area contributed by atoms with Gasteiger partial charge in [-0.2, -0.15) is 17.5 Å². The molecule has 158 valence electrons. The minimum Gasteiger partial charge on any atom is -0.383 e. The summed E-state index contributed by atoms with van der Waals surface area (Å²) in [6.45, 7) is 6.55. The molecule has 30 heavy (non-hydrogen) atoms. The molecule has 0 saturated carbocycles. The van der Waals surface area contributed by atoms with E-state index in [4.69, 9.17) is 4.74 Å². The van der Waals surface area contributed by atoms with Gasteiger partial charge in [-0.3, -0.25) is 4.90 Å². The Morgan fingerprint density at radius 1 is 1.17 bits per heavy atom. The molecule has 3 rings (SSSR count). The van der Waals surface area contributed by atoms with Crippen LogP contribution in [0.25, 0.3) is 21.3 Å². The maximum absolute atomic E-state index is 12.8. The highest BCUT2D eigenvalue weighted by atomic mass is 32.1. The lowest BCUT2D eigenvalue weighted by molar-refractivity contribution is -0.137. The van der Waals surface area contributed by atoms with Crippen LogP contribution in [0.15, 0.2) is 42.5 Å². The highest BCUT2D eigenvalue weighted by molar-refractivity contribution is 7.13. The Hall–Kier alpha value is -2.40. The van der Waals surface area contributed by atoms with E-state index < -0.39 is 11.7 Å². The molecule has 0 spiro atoms. The van der Waals surface area contributed by atoms with E-state index in [-0.39, 0.29) is 6.04 Å². The second kappa shape index (κ2) is 9.61. The number of ether oxygens (including phenoxy) is 1. The highest BCUT2D eigenvalue weighted by Crippen LogP contribution is 2.34. The standard InChI is InChI=1S/C23H23F3N2OS/c1-4-28(13-14-29-3)16(2)5-6-17-7-12-20-21(15-17)30-27-22(20)18-8-10-19(11-9-18)23(24,25)26/h7-12,15-16H,4,13-14H2,1-3H3. The number of hydrogen-bond acceptors (Lipinski definition) is 4. The Labute approximate surface area is 178 Å². The van der Waals surface area contributed by atoms with Crippen LogP contribution in [0.3, 0.4) is 0 Å². The van der Waals surface area contributed by atoms with Gasteiger partial charge in [-0.15, -0.1) is 0 Å². The fourth-order valence-electron chi connectivity index (χ4n) is 3.15. The Morgan fingerprint density at radius 2 is 1.90 bits per heavy atom. The van der Waals surface area contributed by atoms with Gasteiger partial charge in [-0.05, 0) is 49.3 Å². The van der Waals surface area contributed by atoms with Crippen molar-refractivity contribution in [3.8, 4) is 23.1 Å². The molecule has 1 unspecified atom stereocenters. The quantitative estimate of drug-likeness (QED) is 0.468. The lowest BCUT2D eigenvalue weighted by Crippen LogP contribution is -2.34. The summed E-state index contributed by atoms with van der Waals surface area (Å²) >= 11 is 1.32.